The minimum Gasteiger partial charge on any atom is -0.469 e. The Kier molecular flexibility index (Phi) is 5.15. The summed E-state index contributed by atoms with van der Waals surface area (Å²) in [6.07, 6.45) is 4.63. The van der Waals surface area contributed by atoms with E-state index in [0.717, 1.165) is 17.0 Å². The Morgan fingerprint density at radius 2 is 2.13 bits per heavy atom. The van der Waals surface area contributed by atoms with E-state index >= 15 is 0 Å². The SMILES string of the molecule is CSc1ccc(-c2csc(NC(=O)CCc3ccco3)n2)cc1. The Balaban J connectivity index is 1.58. The molecule has 23 heavy (non-hydrogen) atoms. The van der Waals surface area contributed by atoms with Crippen LogP contribution in [0.3, 0.4) is 0 Å². The number of aryl methyl sites for hydroxylation is 1. The van der Waals surface area contributed by atoms with Gasteiger partial charge in [0.25, 0.3) is 0 Å². The molecule has 6 heteroatoms. The molecule has 0 fully saturated rings. The van der Waals surface area contributed by atoms with Crippen LogP contribution in [0.25, 0.3) is 11.3 Å². The minimum atomic E-state index is -0.0555. The maximum absolute atomic E-state index is 11.9. The van der Waals surface area contributed by atoms with Crippen LogP contribution in [0.5, 0.6) is 0 Å². The number of anilines is 1. The number of amides is 1. The Morgan fingerprint density at radius 3 is 2.83 bits per heavy atom. The molecule has 0 saturated heterocycles. The third kappa shape index (κ3) is 4.24. The lowest BCUT2D eigenvalue weighted by Crippen LogP contribution is -2.11. The molecule has 0 radical (unpaired) electrons. The van der Waals surface area contributed by atoms with Crippen LogP contribution < -0.4 is 5.32 Å². The van der Waals surface area contributed by atoms with E-state index in [0.29, 0.717) is 18.0 Å². The van der Waals surface area contributed by atoms with E-state index in [1.165, 1.54) is 16.2 Å². The van der Waals surface area contributed by atoms with Gasteiger partial charge in [0, 0.05) is 28.7 Å². The first-order chi connectivity index (χ1) is 11.2. The number of aromatic nitrogens is 1. The zero-order valence-corrected chi connectivity index (χ0v) is 14.2. The van der Waals surface area contributed by atoms with Gasteiger partial charge < -0.3 is 9.73 Å². The molecule has 0 aliphatic carbocycles. The monoisotopic (exact) mass is 344 g/mol. The van der Waals surface area contributed by atoms with Gasteiger partial charge >= 0.3 is 0 Å². The smallest absolute Gasteiger partial charge is 0.226 e. The summed E-state index contributed by atoms with van der Waals surface area (Å²) in [4.78, 5) is 17.6. The number of nitrogens with zero attached hydrogens (tertiary/aromatic N) is 1. The number of rotatable bonds is 6. The second-order valence-corrected chi connectivity index (χ2v) is 6.63. The van der Waals surface area contributed by atoms with E-state index in [1.807, 2.05) is 35.9 Å². The summed E-state index contributed by atoms with van der Waals surface area (Å²) in [6, 6.07) is 11.9. The lowest BCUT2D eigenvalue weighted by atomic mass is 10.2. The summed E-state index contributed by atoms with van der Waals surface area (Å²) >= 11 is 3.14. The highest BCUT2D eigenvalue weighted by Gasteiger charge is 2.09. The number of furan rings is 1. The van der Waals surface area contributed by atoms with E-state index < -0.39 is 0 Å². The minimum absolute atomic E-state index is 0.0555. The molecule has 3 rings (SSSR count). The predicted molar refractivity (Wildman–Crippen MR) is 95.0 cm³/mol. The van der Waals surface area contributed by atoms with Crippen LogP contribution in [0, 0.1) is 0 Å². The maximum Gasteiger partial charge on any atom is 0.226 e. The summed E-state index contributed by atoms with van der Waals surface area (Å²) in [5.41, 5.74) is 1.93. The van der Waals surface area contributed by atoms with Gasteiger partial charge in [-0.05, 0) is 30.5 Å². The van der Waals surface area contributed by atoms with E-state index in [-0.39, 0.29) is 5.91 Å². The maximum atomic E-state index is 11.9. The topological polar surface area (TPSA) is 55.1 Å². The van der Waals surface area contributed by atoms with Crippen LogP contribution >= 0.6 is 23.1 Å². The molecule has 1 aromatic carbocycles. The number of hydrogen-bond acceptors (Lipinski definition) is 5. The molecular formula is C17H16N2O2S2. The molecule has 1 amide bonds. The van der Waals surface area contributed by atoms with Crippen molar-refractivity contribution in [2.45, 2.75) is 17.7 Å². The predicted octanol–water partition coefficient (Wildman–Crippen LogP) is 4.70. The fourth-order valence-electron chi connectivity index (χ4n) is 2.10. The van der Waals surface area contributed by atoms with E-state index in [9.17, 15) is 4.79 Å². The highest BCUT2D eigenvalue weighted by molar-refractivity contribution is 7.98. The normalized spacial score (nSPS) is 10.7. The Labute approximate surface area is 142 Å². The molecular weight excluding hydrogens is 328 g/mol. The van der Waals surface area contributed by atoms with Crippen molar-refractivity contribution in [1.82, 2.24) is 4.98 Å². The van der Waals surface area contributed by atoms with Gasteiger partial charge in [0.1, 0.15) is 5.76 Å². The number of hydrogen-bond donors (Lipinski definition) is 1. The highest BCUT2D eigenvalue weighted by Crippen LogP contribution is 2.26. The highest BCUT2D eigenvalue weighted by atomic mass is 32.2. The Hall–Kier alpha value is -2.05. The fraction of sp³-hybridized carbons (Fsp3) is 0.176. The average molecular weight is 344 g/mol. The number of carbonyl (C=O) groups excluding carboxylic acids is 1. The summed E-state index contributed by atoms with van der Waals surface area (Å²) in [7, 11) is 0. The lowest BCUT2D eigenvalue weighted by molar-refractivity contribution is -0.116. The van der Waals surface area contributed by atoms with Crippen LogP contribution in [0.4, 0.5) is 5.13 Å². The molecule has 0 aliphatic rings. The second kappa shape index (κ2) is 7.48. The van der Waals surface area contributed by atoms with Crippen molar-refractivity contribution in [2.24, 2.45) is 0 Å². The third-order valence-electron chi connectivity index (χ3n) is 3.31. The molecule has 0 spiro atoms. The quantitative estimate of drug-likeness (QED) is 0.659. The first-order valence-electron chi connectivity index (χ1n) is 7.17. The van der Waals surface area contributed by atoms with Gasteiger partial charge in [0.05, 0.1) is 12.0 Å². The zero-order chi connectivity index (χ0) is 16.1. The van der Waals surface area contributed by atoms with E-state index in [2.05, 4.69) is 22.4 Å². The van der Waals surface area contributed by atoms with Gasteiger partial charge in [-0.1, -0.05) is 12.1 Å². The van der Waals surface area contributed by atoms with Gasteiger partial charge in [0.2, 0.25) is 5.91 Å². The van der Waals surface area contributed by atoms with Crippen molar-refractivity contribution in [2.75, 3.05) is 11.6 Å². The fourth-order valence-corrected chi connectivity index (χ4v) is 3.24. The number of carbonyl (C=O) groups is 1. The second-order valence-electron chi connectivity index (χ2n) is 4.89. The standard InChI is InChI=1S/C17H16N2O2S2/c1-22-14-7-4-12(5-8-14)15-11-23-17(18-15)19-16(20)9-6-13-3-2-10-21-13/h2-5,7-8,10-11H,6,9H2,1H3,(H,18,19,20). The van der Waals surface area contributed by atoms with E-state index in [1.54, 1.807) is 18.0 Å². The van der Waals surface area contributed by atoms with Gasteiger partial charge in [-0.25, -0.2) is 4.98 Å². The van der Waals surface area contributed by atoms with Crippen LogP contribution in [0.2, 0.25) is 0 Å². The summed E-state index contributed by atoms with van der Waals surface area (Å²) in [6.45, 7) is 0. The molecule has 0 bridgehead atoms. The molecule has 118 valence electrons. The largest absolute Gasteiger partial charge is 0.469 e. The van der Waals surface area contributed by atoms with Gasteiger partial charge in [0.15, 0.2) is 5.13 Å². The molecule has 0 aliphatic heterocycles. The Morgan fingerprint density at radius 1 is 1.30 bits per heavy atom. The van der Waals surface area contributed by atoms with Crippen LogP contribution in [-0.4, -0.2) is 17.1 Å². The number of nitrogens with one attached hydrogen (secondary N) is 1. The van der Waals surface area contributed by atoms with Gasteiger partial charge in [-0.2, -0.15) is 0 Å². The number of thiazole rings is 1. The van der Waals surface area contributed by atoms with Crippen LogP contribution in [0.1, 0.15) is 12.2 Å². The molecule has 1 N–H and O–H groups in total. The van der Waals surface area contributed by atoms with Gasteiger partial charge in [-0.15, -0.1) is 23.1 Å². The summed E-state index contributed by atoms with van der Waals surface area (Å²) in [5.74, 6) is 0.758. The molecule has 3 aromatic rings. The van der Waals surface area contributed by atoms with Crippen molar-refractivity contribution in [3.05, 3.63) is 53.8 Å². The third-order valence-corrected chi connectivity index (χ3v) is 4.82. The number of thioether (sulfide) groups is 1. The van der Waals surface area contributed by atoms with Crippen molar-refractivity contribution < 1.29 is 9.21 Å². The average Bonchev–Trinajstić information content (AvgIpc) is 3.25. The van der Waals surface area contributed by atoms with Crippen molar-refractivity contribution in [3.63, 3.8) is 0 Å². The first-order valence-corrected chi connectivity index (χ1v) is 9.27. The summed E-state index contributed by atoms with van der Waals surface area (Å²) in [5, 5.41) is 5.42. The molecule has 2 aromatic heterocycles. The molecule has 0 saturated carbocycles. The molecule has 2 heterocycles. The van der Waals surface area contributed by atoms with Crippen molar-refractivity contribution >= 4 is 34.1 Å². The van der Waals surface area contributed by atoms with Crippen molar-refractivity contribution in [1.29, 1.82) is 0 Å². The molecule has 0 atom stereocenters. The van der Waals surface area contributed by atoms with Crippen LogP contribution in [-0.2, 0) is 11.2 Å². The van der Waals surface area contributed by atoms with Crippen LogP contribution in [0.15, 0.2) is 57.4 Å². The zero-order valence-electron chi connectivity index (χ0n) is 12.6. The van der Waals surface area contributed by atoms with E-state index in [4.69, 9.17) is 4.42 Å². The molecule has 4 nitrogen and oxygen atoms in total. The number of benzene rings is 1. The lowest BCUT2D eigenvalue weighted by Gasteiger charge is -2.01. The van der Waals surface area contributed by atoms with Crippen molar-refractivity contribution in [3.8, 4) is 11.3 Å². The Bertz CT molecular complexity index is 764. The first kappa shape index (κ1) is 15.8. The van der Waals surface area contributed by atoms with Gasteiger partial charge in [-0.3, -0.25) is 4.79 Å². The molecule has 0 unspecified atom stereocenters. The summed E-state index contributed by atoms with van der Waals surface area (Å²) < 4.78 is 5.22.